The summed E-state index contributed by atoms with van der Waals surface area (Å²) in [6, 6.07) is 13.1. The lowest BCUT2D eigenvalue weighted by atomic mass is 10.1. The molecule has 8 heteroatoms. The lowest BCUT2D eigenvalue weighted by Crippen LogP contribution is -2.14. The average molecular weight is 377 g/mol. The van der Waals surface area contributed by atoms with Gasteiger partial charge in [-0.15, -0.1) is 0 Å². The topological polar surface area (TPSA) is 106 Å². The van der Waals surface area contributed by atoms with E-state index in [4.69, 9.17) is 4.52 Å². The molecule has 0 bridgehead atoms. The van der Waals surface area contributed by atoms with Gasteiger partial charge in [-0.25, -0.2) is 4.79 Å². The summed E-state index contributed by atoms with van der Waals surface area (Å²) >= 11 is 0. The third-order valence-corrected chi connectivity index (χ3v) is 4.45. The van der Waals surface area contributed by atoms with Crippen molar-refractivity contribution in [3.05, 3.63) is 64.4 Å². The van der Waals surface area contributed by atoms with E-state index in [1.807, 2.05) is 49.4 Å². The number of rotatable bonds is 5. The number of aryl methyl sites for hydroxylation is 1. The van der Waals surface area contributed by atoms with Crippen LogP contribution in [0.1, 0.15) is 25.3 Å². The third-order valence-electron chi connectivity index (χ3n) is 4.45. The van der Waals surface area contributed by atoms with Crippen LogP contribution in [0, 0.1) is 0 Å². The van der Waals surface area contributed by atoms with Crippen LogP contribution in [0.15, 0.2) is 51.8 Å². The maximum Gasteiger partial charge on any atom is 0.326 e. The lowest BCUT2D eigenvalue weighted by Gasteiger charge is -2.02. The van der Waals surface area contributed by atoms with Crippen LogP contribution < -0.4 is 11.0 Å². The number of aromatic amines is 1. The van der Waals surface area contributed by atoms with Crippen molar-refractivity contribution in [1.29, 1.82) is 0 Å². The minimum atomic E-state index is -0.133. The molecule has 4 aromatic rings. The highest BCUT2D eigenvalue weighted by molar-refractivity contribution is 5.88. The van der Waals surface area contributed by atoms with E-state index in [1.165, 1.54) is 6.92 Å². The number of benzene rings is 2. The van der Waals surface area contributed by atoms with Crippen LogP contribution in [0.5, 0.6) is 0 Å². The van der Waals surface area contributed by atoms with Gasteiger partial charge in [0.2, 0.25) is 17.6 Å². The Morgan fingerprint density at radius 1 is 1.21 bits per heavy atom. The molecular formula is C20H19N5O3. The Balaban J connectivity index is 1.55. The molecule has 2 aromatic carbocycles. The van der Waals surface area contributed by atoms with Gasteiger partial charge in [0.25, 0.3) is 0 Å². The summed E-state index contributed by atoms with van der Waals surface area (Å²) in [5.74, 6) is 0.848. The van der Waals surface area contributed by atoms with Crippen molar-refractivity contribution < 1.29 is 9.32 Å². The lowest BCUT2D eigenvalue weighted by molar-refractivity contribution is -0.114. The summed E-state index contributed by atoms with van der Waals surface area (Å²) in [5, 5.41) is 6.78. The molecule has 8 nitrogen and oxygen atoms in total. The predicted molar refractivity (Wildman–Crippen MR) is 105 cm³/mol. The fourth-order valence-electron chi connectivity index (χ4n) is 3.14. The fraction of sp³-hybridized carbons (Fsp3) is 0.200. The van der Waals surface area contributed by atoms with Crippen LogP contribution in [0.3, 0.4) is 0 Å². The Morgan fingerprint density at radius 2 is 2.00 bits per heavy atom. The molecule has 0 radical (unpaired) electrons. The van der Waals surface area contributed by atoms with E-state index in [0.717, 1.165) is 27.8 Å². The predicted octanol–water partition coefficient (Wildman–Crippen LogP) is 2.95. The minimum Gasteiger partial charge on any atom is -0.339 e. The number of anilines is 1. The van der Waals surface area contributed by atoms with Crippen molar-refractivity contribution in [3.63, 3.8) is 0 Å². The summed E-state index contributed by atoms with van der Waals surface area (Å²) in [6.07, 6.45) is 0.485. The highest BCUT2D eigenvalue weighted by atomic mass is 16.5. The number of nitrogens with one attached hydrogen (secondary N) is 2. The van der Waals surface area contributed by atoms with Crippen LogP contribution in [0.2, 0.25) is 0 Å². The zero-order valence-corrected chi connectivity index (χ0v) is 15.5. The first-order chi connectivity index (χ1) is 13.5. The number of carbonyl (C=O) groups is 1. The van der Waals surface area contributed by atoms with E-state index in [1.54, 1.807) is 4.57 Å². The first-order valence-electron chi connectivity index (χ1n) is 8.95. The second-order valence-electron chi connectivity index (χ2n) is 6.47. The van der Waals surface area contributed by atoms with Gasteiger partial charge in [0.05, 0.1) is 17.5 Å². The Bertz CT molecular complexity index is 1200. The molecule has 0 atom stereocenters. The number of nitrogens with zero attached hydrogens (tertiary/aromatic N) is 3. The van der Waals surface area contributed by atoms with E-state index < -0.39 is 0 Å². The molecule has 28 heavy (non-hydrogen) atoms. The molecule has 0 aliphatic rings. The van der Waals surface area contributed by atoms with Crippen molar-refractivity contribution in [2.24, 2.45) is 0 Å². The van der Waals surface area contributed by atoms with Gasteiger partial charge in [0, 0.05) is 24.7 Å². The molecule has 0 saturated carbocycles. The summed E-state index contributed by atoms with van der Waals surface area (Å²) < 4.78 is 7.04. The van der Waals surface area contributed by atoms with Gasteiger partial charge < -0.3 is 14.8 Å². The van der Waals surface area contributed by atoms with Crippen LogP contribution in [0.4, 0.5) is 5.69 Å². The molecule has 2 N–H and O–H groups in total. The van der Waals surface area contributed by atoms with Crippen molar-refractivity contribution in [3.8, 4) is 11.4 Å². The Hall–Kier alpha value is -3.68. The number of imidazole rings is 1. The normalized spacial score (nSPS) is 11.1. The van der Waals surface area contributed by atoms with Crippen molar-refractivity contribution in [2.75, 3.05) is 5.32 Å². The zero-order chi connectivity index (χ0) is 19.7. The second kappa shape index (κ2) is 7.15. The van der Waals surface area contributed by atoms with Crippen LogP contribution >= 0.6 is 0 Å². The molecule has 0 saturated heterocycles. The quantitative estimate of drug-likeness (QED) is 0.556. The summed E-state index contributed by atoms with van der Waals surface area (Å²) in [6.45, 7) is 4.00. The van der Waals surface area contributed by atoms with Crippen LogP contribution in [-0.2, 0) is 17.8 Å². The van der Waals surface area contributed by atoms with Crippen molar-refractivity contribution in [2.45, 2.75) is 26.8 Å². The molecule has 0 unspecified atom stereocenters. The van der Waals surface area contributed by atoms with Gasteiger partial charge in [0.15, 0.2) is 0 Å². The summed E-state index contributed by atoms with van der Waals surface area (Å²) in [7, 11) is 0. The van der Waals surface area contributed by atoms with Crippen LogP contribution in [-0.4, -0.2) is 25.6 Å². The largest absolute Gasteiger partial charge is 0.339 e. The maximum absolute atomic E-state index is 11.9. The minimum absolute atomic E-state index is 0.109. The van der Waals surface area contributed by atoms with Gasteiger partial charge in [-0.3, -0.25) is 9.36 Å². The standard InChI is InChI=1S/C20H19N5O3/c1-3-25-17-9-6-14(11-16(17)22-20(25)27)19-23-18(28-24-19)10-13-4-7-15(8-5-13)21-12(2)26/h4-9,11H,3,10H2,1-2H3,(H,21,26)(H,22,27). The highest BCUT2D eigenvalue weighted by Gasteiger charge is 2.12. The highest BCUT2D eigenvalue weighted by Crippen LogP contribution is 2.22. The SMILES string of the molecule is CCn1c(=O)[nH]c2cc(-c3noc(Cc4ccc(NC(C)=O)cc4)n3)ccc21. The molecule has 2 aromatic heterocycles. The molecule has 1 amide bonds. The molecule has 0 aliphatic heterocycles. The number of hydrogen-bond donors (Lipinski definition) is 2. The number of aromatic nitrogens is 4. The molecule has 0 aliphatic carbocycles. The molecular weight excluding hydrogens is 358 g/mol. The van der Waals surface area contributed by atoms with Gasteiger partial charge >= 0.3 is 5.69 Å². The molecule has 0 spiro atoms. The first kappa shape index (κ1) is 17.7. The van der Waals surface area contributed by atoms with Crippen molar-refractivity contribution in [1.82, 2.24) is 19.7 Å². The van der Waals surface area contributed by atoms with Gasteiger partial charge in [-0.1, -0.05) is 17.3 Å². The fourth-order valence-corrected chi connectivity index (χ4v) is 3.14. The van der Waals surface area contributed by atoms with E-state index in [2.05, 4.69) is 20.4 Å². The maximum atomic E-state index is 11.9. The molecule has 0 fully saturated rings. The van der Waals surface area contributed by atoms with E-state index in [0.29, 0.717) is 24.7 Å². The van der Waals surface area contributed by atoms with Gasteiger partial charge in [0.1, 0.15) is 0 Å². The third kappa shape index (κ3) is 3.44. The second-order valence-corrected chi connectivity index (χ2v) is 6.47. The Morgan fingerprint density at radius 3 is 2.71 bits per heavy atom. The number of hydrogen-bond acceptors (Lipinski definition) is 5. The number of amides is 1. The summed E-state index contributed by atoms with van der Waals surface area (Å²) in [5.41, 5.74) is 3.95. The Labute approximate surface area is 160 Å². The smallest absolute Gasteiger partial charge is 0.326 e. The number of carbonyl (C=O) groups excluding carboxylic acids is 1. The number of H-pyrrole nitrogens is 1. The first-order valence-corrected chi connectivity index (χ1v) is 8.95. The van der Waals surface area contributed by atoms with Crippen LogP contribution in [0.25, 0.3) is 22.4 Å². The average Bonchev–Trinajstić information content (AvgIpc) is 3.25. The van der Waals surface area contributed by atoms with E-state index in [9.17, 15) is 9.59 Å². The van der Waals surface area contributed by atoms with Gasteiger partial charge in [-0.05, 0) is 42.8 Å². The monoisotopic (exact) mass is 377 g/mol. The Kier molecular flexibility index (Phi) is 4.52. The number of fused-ring (bicyclic) bond motifs is 1. The summed E-state index contributed by atoms with van der Waals surface area (Å²) in [4.78, 5) is 30.3. The molecule has 2 heterocycles. The zero-order valence-electron chi connectivity index (χ0n) is 15.5. The van der Waals surface area contributed by atoms with Gasteiger partial charge in [-0.2, -0.15) is 4.98 Å². The van der Waals surface area contributed by atoms with E-state index >= 15 is 0 Å². The molecule has 4 rings (SSSR count). The molecule has 142 valence electrons. The van der Waals surface area contributed by atoms with Crippen molar-refractivity contribution >= 4 is 22.6 Å². The van der Waals surface area contributed by atoms with E-state index in [-0.39, 0.29) is 11.6 Å².